The summed E-state index contributed by atoms with van der Waals surface area (Å²) in [6, 6.07) is 34.8. The van der Waals surface area contributed by atoms with Gasteiger partial charge in [0.25, 0.3) is 0 Å². The Kier molecular flexibility index (Phi) is 6.61. The molecule has 5 aromatic rings. The number of fused-ring (bicyclic) bond motifs is 3. The molecule has 0 spiro atoms. The van der Waals surface area contributed by atoms with E-state index in [1.165, 1.54) is 34.8 Å². The van der Waals surface area contributed by atoms with Crippen LogP contribution in [0.1, 0.15) is 22.3 Å². The molecular weight excluding hydrogens is 488 g/mol. The monoisotopic (exact) mass is 520 g/mol. The number of benzene rings is 5. The van der Waals surface area contributed by atoms with Gasteiger partial charge in [0, 0.05) is 5.92 Å². The summed E-state index contributed by atoms with van der Waals surface area (Å²) < 4.78 is 11.1. The summed E-state index contributed by atoms with van der Waals surface area (Å²) in [5.74, 6) is 1.88. The molecule has 0 fully saturated rings. The molecule has 40 heavy (non-hydrogen) atoms. The predicted octanol–water partition coefficient (Wildman–Crippen LogP) is 9.53. The third kappa shape index (κ3) is 4.04. The summed E-state index contributed by atoms with van der Waals surface area (Å²) in [6.07, 6.45) is 8.10. The van der Waals surface area contributed by atoms with E-state index in [9.17, 15) is 0 Å². The first-order chi connectivity index (χ1) is 19.6. The molecular formula is C38H32O2. The normalized spacial score (nSPS) is 17.5. The lowest BCUT2D eigenvalue weighted by Gasteiger charge is -2.49. The zero-order valence-electron chi connectivity index (χ0n) is 22.6. The molecule has 1 aliphatic carbocycles. The molecule has 0 radical (unpaired) electrons. The molecule has 6 rings (SSSR count). The van der Waals surface area contributed by atoms with Crippen LogP contribution in [-0.4, -0.2) is 0 Å². The molecule has 2 atom stereocenters. The van der Waals surface area contributed by atoms with E-state index in [2.05, 4.69) is 123 Å². The third-order valence-electron chi connectivity index (χ3n) is 8.39. The van der Waals surface area contributed by atoms with E-state index < -0.39 is 5.41 Å². The molecule has 5 aromatic carbocycles. The lowest BCUT2D eigenvalue weighted by molar-refractivity contribution is 0.325. The molecule has 0 aliphatic heterocycles. The lowest BCUT2D eigenvalue weighted by atomic mass is 9.53. The van der Waals surface area contributed by atoms with Gasteiger partial charge in [0.15, 0.2) is 0 Å². The van der Waals surface area contributed by atoms with E-state index in [0.717, 1.165) is 39.5 Å². The van der Waals surface area contributed by atoms with Crippen LogP contribution in [-0.2, 0) is 11.8 Å². The molecule has 0 amide bonds. The second kappa shape index (κ2) is 10.4. The molecule has 1 aliphatic rings. The second-order valence-corrected chi connectivity index (χ2v) is 10.3. The highest BCUT2D eigenvalue weighted by Crippen LogP contribution is 2.54. The van der Waals surface area contributed by atoms with E-state index in [0.29, 0.717) is 0 Å². The van der Waals surface area contributed by atoms with Crippen molar-refractivity contribution in [2.75, 3.05) is 0 Å². The summed E-state index contributed by atoms with van der Waals surface area (Å²) in [4.78, 5) is 0. The molecule has 0 aromatic heterocycles. The SMILES string of the molecule is C=COc1ccc2cc(C3(c4ccc5cc(OC=C)ccc5c4)c4ccccc4CC(C=C)C3C=C)ccc2c1. The molecule has 0 saturated heterocycles. The van der Waals surface area contributed by atoms with Gasteiger partial charge in [-0.25, -0.2) is 0 Å². The zero-order valence-corrected chi connectivity index (χ0v) is 22.6. The molecule has 0 saturated carbocycles. The first-order valence-corrected chi connectivity index (χ1v) is 13.6. The van der Waals surface area contributed by atoms with Crippen molar-refractivity contribution in [3.05, 3.63) is 170 Å². The van der Waals surface area contributed by atoms with Crippen molar-refractivity contribution in [1.82, 2.24) is 0 Å². The van der Waals surface area contributed by atoms with Crippen molar-refractivity contribution in [3.63, 3.8) is 0 Å². The van der Waals surface area contributed by atoms with E-state index in [1.807, 2.05) is 12.1 Å². The number of hydrogen-bond acceptors (Lipinski definition) is 2. The molecule has 0 heterocycles. The van der Waals surface area contributed by atoms with Gasteiger partial charge in [0.2, 0.25) is 0 Å². The van der Waals surface area contributed by atoms with E-state index in [1.54, 1.807) is 0 Å². The van der Waals surface area contributed by atoms with Crippen molar-refractivity contribution in [2.24, 2.45) is 11.8 Å². The van der Waals surface area contributed by atoms with Crippen LogP contribution in [0.25, 0.3) is 21.5 Å². The molecule has 2 unspecified atom stereocenters. The Bertz CT molecular complexity index is 1680. The first kappa shape index (κ1) is 25.5. The Morgan fingerprint density at radius 1 is 0.600 bits per heavy atom. The minimum absolute atomic E-state index is 0.0987. The summed E-state index contributed by atoms with van der Waals surface area (Å²) in [5, 5.41) is 4.54. The van der Waals surface area contributed by atoms with Gasteiger partial charge in [-0.05, 0) is 92.5 Å². The van der Waals surface area contributed by atoms with Crippen molar-refractivity contribution >= 4 is 21.5 Å². The minimum Gasteiger partial charge on any atom is -0.466 e. The lowest BCUT2D eigenvalue weighted by Crippen LogP contribution is -2.45. The standard InChI is InChI=1S/C38H32O2/c1-5-26-21-31-11-9-10-12-37(31)38(36(26)6-2,32-17-13-29-24-34(39-7-3)19-15-27(29)22-32)33-18-14-30-25-35(40-8-4)20-16-28(30)23-33/h5-20,22-26,36H,1-4,21H2. The number of hydrogen-bond donors (Lipinski definition) is 0. The van der Waals surface area contributed by atoms with Crippen molar-refractivity contribution in [1.29, 1.82) is 0 Å². The van der Waals surface area contributed by atoms with E-state index in [4.69, 9.17) is 9.47 Å². The molecule has 0 N–H and O–H groups in total. The van der Waals surface area contributed by atoms with Gasteiger partial charge >= 0.3 is 0 Å². The quantitative estimate of drug-likeness (QED) is 0.150. The number of allylic oxidation sites excluding steroid dienone is 2. The Labute approximate surface area is 236 Å². The van der Waals surface area contributed by atoms with E-state index >= 15 is 0 Å². The fraction of sp³-hybridized carbons (Fsp3) is 0.105. The Balaban J connectivity index is 1.67. The van der Waals surface area contributed by atoms with Gasteiger partial charge < -0.3 is 9.47 Å². The molecule has 2 nitrogen and oxygen atoms in total. The van der Waals surface area contributed by atoms with Crippen molar-refractivity contribution in [3.8, 4) is 11.5 Å². The fourth-order valence-electron chi connectivity index (χ4n) is 6.69. The van der Waals surface area contributed by atoms with E-state index in [-0.39, 0.29) is 11.8 Å². The highest BCUT2D eigenvalue weighted by atomic mass is 16.5. The summed E-state index contributed by atoms with van der Waals surface area (Å²) in [6.45, 7) is 16.0. The smallest absolute Gasteiger partial charge is 0.127 e. The summed E-state index contributed by atoms with van der Waals surface area (Å²) >= 11 is 0. The van der Waals surface area contributed by atoms with Gasteiger partial charge in [0.1, 0.15) is 11.5 Å². The second-order valence-electron chi connectivity index (χ2n) is 10.3. The summed E-state index contributed by atoms with van der Waals surface area (Å²) in [7, 11) is 0. The van der Waals surface area contributed by atoms with Crippen LogP contribution in [0.5, 0.6) is 11.5 Å². The Morgan fingerprint density at radius 3 is 1.65 bits per heavy atom. The zero-order chi connectivity index (χ0) is 27.7. The van der Waals surface area contributed by atoms with Crippen LogP contribution in [0, 0.1) is 11.8 Å². The van der Waals surface area contributed by atoms with Crippen LogP contribution in [0.2, 0.25) is 0 Å². The number of ether oxygens (including phenoxy) is 2. The average molecular weight is 521 g/mol. The average Bonchev–Trinajstić information content (AvgIpc) is 2.99. The maximum absolute atomic E-state index is 5.55. The van der Waals surface area contributed by atoms with Gasteiger partial charge in [-0.3, -0.25) is 0 Å². The predicted molar refractivity (Wildman–Crippen MR) is 167 cm³/mol. The Morgan fingerprint density at radius 2 is 1.12 bits per heavy atom. The molecule has 196 valence electrons. The fourth-order valence-corrected chi connectivity index (χ4v) is 6.69. The largest absolute Gasteiger partial charge is 0.466 e. The van der Waals surface area contributed by atoms with Gasteiger partial charge in [-0.1, -0.05) is 86.0 Å². The van der Waals surface area contributed by atoms with Gasteiger partial charge in [-0.15, -0.1) is 13.2 Å². The summed E-state index contributed by atoms with van der Waals surface area (Å²) in [5.41, 5.74) is 4.65. The highest BCUT2D eigenvalue weighted by molar-refractivity contribution is 5.87. The van der Waals surface area contributed by atoms with Crippen LogP contribution < -0.4 is 9.47 Å². The minimum atomic E-state index is -0.468. The first-order valence-electron chi connectivity index (χ1n) is 13.6. The third-order valence-corrected chi connectivity index (χ3v) is 8.39. The van der Waals surface area contributed by atoms with Crippen LogP contribution >= 0.6 is 0 Å². The van der Waals surface area contributed by atoms with Crippen LogP contribution in [0.3, 0.4) is 0 Å². The van der Waals surface area contributed by atoms with Crippen molar-refractivity contribution < 1.29 is 9.47 Å². The number of rotatable bonds is 8. The van der Waals surface area contributed by atoms with Gasteiger partial charge in [-0.2, -0.15) is 0 Å². The van der Waals surface area contributed by atoms with Crippen LogP contribution in [0.4, 0.5) is 0 Å². The maximum atomic E-state index is 5.55. The topological polar surface area (TPSA) is 18.5 Å². The van der Waals surface area contributed by atoms with Crippen LogP contribution in [0.15, 0.2) is 148 Å². The van der Waals surface area contributed by atoms with Crippen molar-refractivity contribution in [2.45, 2.75) is 11.8 Å². The Hall–Kier alpha value is -4.82. The highest BCUT2D eigenvalue weighted by Gasteiger charge is 2.49. The molecule has 2 heteroatoms. The maximum Gasteiger partial charge on any atom is 0.127 e. The molecule has 0 bridgehead atoms. The van der Waals surface area contributed by atoms with Gasteiger partial charge in [0.05, 0.1) is 17.9 Å².